The van der Waals surface area contributed by atoms with Crippen LogP contribution in [0.25, 0.3) is 0 Å². The molecule has 14 heavy (non-hydrogen) atoms. The minimum Gasteiger partial charge on any atom is -0.395 e. The van der Waals surface area contributed by atoms with Gasteiger partial charge in [0, 0.05) is 18.1 Å². The molecule has 0 aliphatic carbocycles. The highest BCUT2D eigenvalue weighted by Crippen LogP contribution is 2.22. The molecule has 0 bridgehead atoms. The number of nitrogens with two attached hydrogens (primary N) is 1. The molecule has 3 N–H and O–H groups in total. The van der Waals surface area contributed by atoms with Crippen LogP contribution in [0.1, 0.15) is 39.5 Å². The zero-order valence-electron chi connectivity index (χ0n) is 9.45. The van der Waals surface area contributed by atoms with Crippen LogP contribution in [0.15, 0.2) is 0 Å². The van der Waals surface area contributed by atoms with Gasteiger partial charge in [-0.3, -0.25) is 4.90 Å². The summed E-state index contributed by atoms with van der Waals surface area (Å²) in [7, 11) is 0. The van der Waals surface area contributed by atoms with Crippen LogP contribution in [-0.2, 0) is 0 Å². The van der Waals surface area contributed by atoms with E-state index < -0.39 is 0 Å². The first-order valence-electron chi connectivity index (χ1n) is 5.82. The molecule has 3 nitrogen and oxygen atoms in total. The Balaban J connectivity index is 2.60. The Morgan fingerprint density at radius 2 is 2.21 bits per heavy atom. The number of aliphatic hydroxyl groups excluding tert-OH is 1. The Labute approximate surface area is 87.3 Å². The van der Waals surface area contributed by atoms with E-state index in [1.807, 2.05) is 6.92 Å². The Bertz CT molecular complexity index is 161. The first kappa shape index (κ1) is 12.0. The van der Waals surface area contributed by atoms with Gasteiger partial charge < -0.3 is 10.8 Å². The van der Waals surface area contributed by atoms with Gasteiger partial charge in [-0.1, -0.05) is 13.3 Å². The fourth-order valence-electron chi connectivity index (χ4n) is 2.47. The lowest BCUT2D eigenvalue weighted by Gasteiger charge is -2.41. The van der Waals surface area contributed by atoms with E-state index in [2.05, 4.69) is 11.8 Å². The molecular weight excluding hydrogens is 176 g/mol. The minimum absolute atomic E-state index is 0.0622. The van der Waals surface area contributed by atoms with E-state index in [0.29, 0.717) is 6.04 Å². The van der Waals surface area contributed by atoms with Crippen LogP contribution in [0.4, 0.5) is 0 Å². The SMILES string of the molecule is CCC1CCCCN1C(CO)C(C)N. The van der Waals surface area contributed by atoms with Crippen molar-refractivity contribution in [2.24, 2.45) is 5.73 Å². The van der Waals surface area contributed by atoms with Crippen LogP contribution in [0.5, 0.6) is 0 Å². The number of hydrogen-bond donors (Lipinski definition) is 2. The van der Waals surface area contributed by atoms with E-state index >= 15 is 0 Å². The highest BCUT2D eigenvalue weighted by atomic mass is 16.3. The van der Waals surface area contributed by atoms with Crippen molar-refractivity contribution in [1.29, 1.82) is 0 Å². The van der Waals surface area contributed by atoms with Gasteiger partial charge in [0.25, 0.3) is 0 Å². The summed E-state index contributed by atoms with van der Waals surface area (Å²) in [5, 5.41) is 9.34. The second-order valence-corrected chi connectivity index (χ2v) is 4.40. The molecule has 3 unspecified atom stereocenters. The van der Waals surface area contributed by atoms with Gasteiger partial charge in [-0.2, -0.15) is 0 Å². The van der Waals surface area contributed by atoms with E-state index in [1.54, 1.807) is 0 Å². The molecule has 3 atom stereocenters. The molecule has 1 saturated heterocycles. The maximum absolute atomic E-state index is 9.34. The van der Waals surface area contributed by atoms with Crippen molar-refractivity contribution in [2.45, 2.75) is 57.7 Å². The maximum Gasteiger partial charge on any atom is 0.0601 e. The monoisotopic (exact) mass is 200 g/mol. The third-order valence-electron chi connectivity index (χ3n) is 3.36. The van der Waals surface area contributed by atoms with E-state index in [4.69, 9.17) is 5.73 Å². The number of piperidine rings is 1. The van der Waals surface area contributed by atoms with Crippen molar-refractivity contribution in [3.8, 4) is 0 Å². The van der Waals surface area contributed by atoms with E-state index in [9.17, 15) is 5.11 Å². The van der Waals surface area contributed by atoms with Gasteiger partial charge in [0.05, 0.1) is 6.61 Å². The number of rotatable bonds is 4. The molecule has 0 aromatic heterocycles. The summed E-state index contributed by atoms with van der Waals surface area (Å²) in [5.41, 5.74) is 5.89. The molecule has 84 valence electrons. The Hall–Kier alpha value is -0.120. The van der Waals surface area contributed by atoms with Gasteiger partial charge in [-0.25, -0.2) is 0 Å². The molecule has 0 saturated carbocycles. The topological polar surface area (TPSA) is 49.5 Å². The first-order valence-corrected chi connectivity index (χ1v) is 5.82. The highest BCUT2D eigenvalue weighted by molar-refractivity contribution is 4.86. The van der Waals surface area contributed by atoms with Gasteiger partial charge >= 0.3 is 0 Å². The van der Waals surface area contributed by atoms with Gasteiger partial charge in [-0.05, 0) is 32.7 Å². The van der Waals surface area contributed by atoms with Crippen molar-refractivity contribution in [3.05, 3.63) is 0 Å². The van der Waals surface area contributed by atoms with Crippen molar-refractivity contribution in [2.75, 3.05) is 13.2 Å². The zero-order chi connectivity index (χ0) is 10.6. The molecule has 1 aliphatic heterocycles. The number of likely N-dealkylation sites (tertiary alicyclic amines) is 1. The largest absolute Gasteiger partial charge is 0.395 e. The summed E-state index contributed by atoms with van der Waals surface area (Å²) >= 11 is 0. The molecular formula is C11H24N2O. The maximum atomic E-state index is 9.34. The molecule has 1 rings (SSSR count). The number of nitrogens with zero attached hydrogens (tertiary/aromatic N) is 1. The predicted molar refractivity (Wildman–Crippen MR) is 59.2 cm³/mol. The third-order valence-corrected chi connectivity index (χ3v) is 3.36. The molecule has 1 aliphatic rings. The molecule has 0 radical (unpaired) electrons. The zero-order valence-corrected chi connectivity index (χ0v) is 9.45. The van der Waals surface area contributed by atoms with Crippen molar-refractivity contribution in [3.63, 3.8) is 0 Å². The quantitative estimate of drug-likeness (QED) is 0.710. The number of aliphatic hydroxyl groups is 1. The van der Waals surface area contributed by atoms with Crippen molar-refractivity contribution >= 4 is 0 Å². The average Bonchev–Trinajstić information content (AvgIpc) is 2.19. The van der Waals surface area contributed by atoms with Crippen LogP contribution in [0, 0.1) is 0 Å². The van der Waals surface area contributed by atoms with Crippen LogP contribution in [-0.4, -0.2) is 41.3 Å². The predicted octanol–water partition coefficient (Wildman–Crippen LogP) is 0.959. The summed E-state index contributed by atoms with van der Waals surface area (Å²) in [5.74, 6) is 0. The van der Waals surface area contributed by atoms with Crippen LogP contribution < -0.4 is 5.73 Å². The third kappa shape index (κ3) is 2.69. The summed E-state index contributed by atoms with van der Waals surface area (Å²) in [6.45, 7) is 5.50. The molecule has 1 fully saturated rings. The Morgan fingerprint density at radius 1 is 1.50 bits per heavy atom. The van der Waals surface area contributed by atoms with E-state index in [0.717, 1.165) is 6.54 Å². The summed E-state index contributed by atoms with van der Waals surface area (Å²) in [6.07, 6.45) is 5.01. The second kappa shape index (κ2) is 5.69. The van der Waals surface area contributed by atoms with Gasteiger partial charge in [-0.15, -0.1) is 0 Å². The second-order valence-electron chi connectivity index (χ2n) is 4.40. The Morgan fingerprint density at radius 3 is 2.71 bits per heavy atom. The summed E-state index contributed by atoms with van der Waals surface area (Å²) in [6, 6.07) is 0.847. The standard InChI is InChI=1S/C11H24N2O/c1-3-10-6-4-5-7-13(10)11(8-14)9(2)12/h9-11,14H,3-8,12H2,1-2H3. The average molecular weight is 200 g/mol. The highest BCUT2D eigenvalue weighted by Gasteiger charge is 2.29. The minimum atomic E-state index is 0.0622. The number of hydrogen-bond acceptors (Lipinski definition) is 3. The van der Waals surface area contributed by atoms with E-state index in [1.165, 1.54) is 25.7 Å². The lowest BCUT2D eigenvalue weighted by atomic mass is 9.96. The van der Waals surface area contributed by atoms with Crippen molar-refractivity contribution < 1.29 is 5.11 Å². The fourth-order valence-corrected chi connectivity index (χ4v) is 2.47. The molecule has 0 aromatic carbocycles. The first-order chi connectivity index (χ1) is 6.70. The molecule has 0 aromatic rings. The van der Waals surface area contributed by atoms with Crippen LogP contribution >= 0.6 is 0 Å². The summed E-state index contributed by atoms with van der Waals surface area (Å²) < 4.78 is 0. The smallest absolute Gasteiger partial charge is 0.0601 e. The molecule has 0 amide bonds. The molecule has 3 heteroatoms. The van der Waals surface area contributed by atoms with E-state index in [-0.39, 0.29) is 18.7 Å². The fraction of sp³-hybridized carbons (Fsp3) is 1.00. The molecule has 0 spiro atoms. The molecule has 1 heterocycles. The normalized spacial score (nSPS) is 28.7. The van der Waals surface area contributed by atoms with Crippen LogP contribution in [0.2, 0.25) is 0 Å². The lowest BCUT2D eigenvalue weighted by Crippen LogP contribution is -2.54. The van der Waals surface area contributed by atoms with Gasteiger partial charge in [0.2, 0.25) is 0 Å². The van der Waals surface area contributed by atoms with Gasteiger partial charge in [0.15, 0.2) is 0 Å². The van der Waals surface area contributed by atoms with Gasteiger partial charge in [0.1, 0.15) is 0 Å². The van der Waals surface area contributed by atoms with Crippen molar-refractivity contribution in [1.82, 2.24) is 4.90 Å². The summed E-state index contributed by atoms with van der Waals surface area (Å²) in [4.78, 5) is 2.41. The Kier molecular flexibility index (Phi) is 4.85. The van der Waals surface area contributed by atoms with Crippen LogP contribution in [0.3, 0.4) is 0 Å². The lowest BCUT2D eigenvalue weighted by molar-refractivity contribution is 0.0447.